The third kappa shape index (κ3) is 4.56. The van der Waals surface area contributed by atoms with E-state index in [-0.39, 0.29) is 5.54 Å². The van der Waals surface area contributed by atoms with Crippen molar-refractivity contribution in [2.24, 2.45) is 0 Å². The Morgan fingerprint density at radius 1 is 1.05 bits per heavy atom. The van der Waals surface area contributed by atoms with Gasteiger partial charge in [0.05, 0.1) is 6.54 Å². The summed E-state index contributed by atoms with van der Waals surface area (Å²) in [7, 11) is 0. The quantitative estimate of drug-likeness (QED) is 0.843. The first kappa shape index (κ1) is 13.9. The molecular weight excluding hydrogens is 234 g/mol. The molecule has 0 atom stereocenters. The van der Waals surface area contributed by atoms with Crippen LogP contribution < -0.4 is 5.32 Å². The summed E-state index contributed by atoms with van der Waals surface area (Å²) in [4.78, 5) is 0. The molecule has 1 N–H and O–H groups in total. The van der Waals surface area contributed by atoms with Gasteiger partial charge in [-0.3, -0.25) is 0 Å². The van der Waals surface area contributed by atoms with E-state index in [1.165, 1.54) is 5.56 Å². The maximum atomic E-state index is 5.58. The monoisotopic (exact) mass is 257 g/mol. The van der Waals surface area contributed by atoms with Crippen LogP contribution in [0.4, 0.5) is 0 Å². The minimum atomic E-state index is 0.108. The predicted molar refractivity (Wildman–Crippen MR) is 79.1 cm³/mol. The smallest absolute Gasteiger partial charge is 0.117 e. The summed E-state index contributed by atoms with van der Waals surface area (Å²) in [6, 6.07) is 14.7. The Bertz CT molecular complexity index is 499. The van der Waals surface area contributed by atoms with Crippen molar-refractivity contribution in [2.45, 2.75) is 45.7 Å². The molecule has 1 heterocycles. The maximum Gasteiger partial charge on any atom is 0.117 e. The van der Waals surface area contributed by atoms with Gasteiger partial charge in [0.2, 0.25) is 0 Å². The van der Waals surface area contributed by atoms with Crippen molar-refractivity contribution >= 4 is 0 Å². The number of hydrogen-bond acceptors (Lipinski definition) is 2. The van der Waals surface area contributed by atoms with Crippen LogP contribution in [0.1, 0.15) is 37.4 Å². The van der Waals surface area contributed by atoms with Crippen LogP contribution in [0.25, 0.3) is 0 Å². The highest BCUT2D eigenvalue weighted by Gasteiger charge is 2.17. The summed E-state index contributed by atoms with van der Waals surface area (Å²) < 4.78 is 5.58. The van der Waals surface area contributed by atoms with Crippen LogP contribution in [0.2, 0.25) is 0 Å². The first-order chi connectivity index (χ1) is 9.05. The molecule has 0 unspecified atom stereocenters. The topological polar surface area (TPSA) is 25.2 Å². The van der Waals surface area contributed by atoms with Gasteiger partial charge in [-0.2, -0.15) is 0 Å². The molecule has 2 nitrogen and oxygen atoms in total. The lowest BCUT2D eigenvalue weighted by molar-refractivity contribution is 0.338. The second-order valence-electron chi connectivity index (χ2n) is 5.74. The largest absolute Gasteiger partial charge is 0.465 e. The highest BCUT2D eigenvalue weighted by atomic mass is 16.3. The third-order valence-electron chi connectivity index (χ3n) is 3.42. The standard InChI is InChI=1S/C17H23NO/c1-14-9-10-16(19-14)13-18-17(2,3)12-11-15-7-5-4-6-8-15/h4-10,18H,11-13H2,1-3H3. The number of benzene rings is 1. The fraction of sp³-hybridized carbons (Fsp3) is 0.412. The molecule has 2 heteroatoms. The predicted octanol–water partition coefficient (Wildman–Crippen LogP) is 4.09. The van der Waals surface area contributed by atoms with E-state index in [0.29, 0.717) is 0 Å². The molecule has 0 aliphatic heterocycles. The van der Waals surface area contributed by atoms with Gasteiger partial charge in [0.15, 0.2) is 0 Å². The van der Waals surface area contributed by atoms with Crippen LogP contribution in [-0.4, -0.2) is 5.54 Å². The van der Waals surface area contributed by atoms with Crippen molar-refractivity contribution < 1.29 is 4.42 Å². The van der Waals surface area contributed by atoms with Gasteiger partial charge < -0.3 is 9.73 Å². The minimum Gasteiger partial charge on any atom is -0.465 e. The average molecular weight is 257 g/mol. The zero-order valence-electron chi connectivity index (χ0n) is 12.1. The van der Waals surface area contributed by atoms with Crippen LogP contribution in [0.3, 0.4) is 0 Å². The molecule has 102 valence electrons. The lowest BCUT2D eigenvalue weighted by Crippen LogP contribution is -2.39. The second-order valence-corrected chi connectivity index (χ2v) is 5.74. The van der Waals surface area contributed by atoms with Crippen molar-refractivity contribution in [3.05, 3.63) is 59.5 Å². The lowest BCUT2D eigenvalue weighted by atomic mass is 9.95. The molecular formula is C17H23NO. The highest BCUT2D eigenvalue weighted by molar-refractivity contribution is 5.15. The molecule has 0 saturated carbocycles. The fourth-order valence-corrected chi connectivity index (χ4v) is 2.10. The van der Waals surface area contributed by atoms with Gasteiger partial charge in [0, 0.05) is 5.54 Å². The lowest BCUT2D eigenvalue weighted by Gasteiger charge is -2.26. The van der Waals surface area contributed by atoms with Crippen LogP contribution in [0.15, 0.2) is 46.9 Å². The third-order valence-corrected chi connectivity index (χ3v) is 3.42. The number of rotatable bonds is 6. The molecule has 0 spiro atoms. The second kappa shape index (κ2) is 6.07. The summed E-state index contributed by atoms with van der Waals surface area (Å²) >= 11 is 0. The Morgan fingerprint density at radius 2 is 1.79 bits per heavy atom. The van der Waals surface area contributed by atoms with Crippen LogP contribution in [0.5, 0.6) is 0 Å². The number of nitrogens with one attached hydrogen (secondary N) is 1. The molecule has 2 rings (SSSR count). The van der Waals surface area contributed by atoms with E-state index >= 15 is 0 Å². The molecule has 0 aliphatic rings. The normalized spacial score (nSPS) is 11.7. The molecule has 19 heavy (non-hydrogen) atoms. The zero-order valence-corrected chi connectivity index (χ0v) is 12.1. The van der Waals surface area contributed by atoms with E-state index < -0.39 is 0 Å². The van der Waals surface area contributed by atoms with Gasteiger partial charge in [-0.25, -0.2) is 0 Å². The molecule has 0 fully saturated rings. The summed E-state index contributed by atoms with van der Waals surface area (Å²) in [5, 5.41) is 3.57. The molecule has 0 amide bonds. The van der Waals surface area contributed by atoms with Crippen LogP contribution in [-0.2, 0) is 13.0 Å². The van der Waals surface area contributed by atoms with Gasteiger partial charge in [-0.15, -0.1) is 0 Å². The number of aryl methyl sites for hydroxylation is 2. The van der Waals surface area contributed by atoms with Gasteiger partial charge in [-0.05, 0) is 51.3 Å². The SMILES string of the molecule is Cc1ccc(CNC(C)(C)CCc2ccccc2)o1. The van der Waals surface area contributed by atoms with Crippen molar-refractivity contribution in [3.63, 3.8) is 0 Å². The van der Waals surface area contributed by atoms with Crippen LogP contribution in [0, 0.1) is 6.92 Å². The molecule has 0 radical (unpaired) electrons. The van der Waals surface area contributed by atoms with E-state index in [4.69, 9.17) is 4.42 Å². The summed E-state index contributed by atoms with van der Waals surface area (Å²) in [5.41, 5.74) is 1.50. The Kier molecular flexibility index (Phi) is 4.43. The first-order valence-electron chi connectivity index (χ1n) is 6.89. The maximum absolute atomic E-state index is 5.58. The van der Waals surface area contributed by atoms with Crippen molar-refractivity contribution in [1.82, 2.24) is 5.32 Å². The van der Waals surface area contributed by atoms with E-state index in [1.54, 1.807) is 0 Å². The zero-order chi connectivity index (χ0) is 13.7. The van der Waals surface area contributed by atoms with E-state index in [9.17, 15) is 0 Å². The summed E-state index contributed by atoms with van der Waals surface area (Å²) in [5.74, 6) is 1.98. The molecule has 0 aliphatic carbocycles. The Hall–Kier alpha value is -1.54. The molecule has 0 bridgehead atoms. The van der Waals surface area contributed by atoms with E-state index in [2.05, 4.69) is 49.5 Å². The summed E-state index contributed by atoms with van der Waals surface area (Å²) in [6.45, 7) is 7.25. The van der Waals surface area contributed by atoms with Crippen molar-refractivity contribution in [3.8, 4) is 0 Å². The summed E-state index contributed by atoms with van der Waals surface area (Å²) in [6.07, 6.45) is 2.20. The Balaban J connectivity index is 1.81. The molecule has 2 aromatic rings. The molecule has 1 aromatic carbocycles. The van der Waals surface area contributed by atoms with Gasteiger partial charge >= 0.3 is 0 Å². The van der Waals surface area contributed by atoms with Gasteiger partial charge in [-0.1, -0.05) is 30.3 Å². The van der Waals surface area contributed by atoms with Crippen molar-refractivity contribution in [1.29, 1.82) is 0 Å². The van der Waals surface area contributed by atoms with E-state index in [1.807, 2.05) is 19.1 Å². The molecule has 0 saturated heterocycles. The Labute approximate surface area is 115 Å². The minimum absolute atomic E-state index is 0.108. The van der Waals surface area contributed by atoms with Gasteiger partial charge in [0.25, 0.3) is 0 Å². The van der Waals surface area contributed by atoms with Gasteiger partial charge in [0.1, 0.15) is 11.5 Å². The van der Waals surface area contributed by atoms with Crippen LogP contribution >= 0.6 is 0 Å². The molecule has 1 aromatic heterocycles. The average Bonchev–Trinajstić information content (AvgIpc) is 2.82. The number of hydrogen-bond donors (Lipinski definition) is 1. The van der Waals surface area contributed by atoms with E-state index in [0.717, 1.165) is 30.9 Å². The van der Waals surface area contributed by atoms with Crippen molar-refractivity contribution in [2.75, 3.05) is 0 Å². The number of furan rings is 1. The first-order valence-corrected chi connectivity index (χ1v) is 6.89. The Morgan fingerprint density at radius 3 is 2.42 bits per heavy atom. The highest BCUT2D eigenvalue weighted by Crippen LogP contribution is 2.15. The fourth-order valence-electron chi connectivity index (χ4n) is 2.10.